The number of rotatable bonds is 4. The largest absolute Gasteiger partial charge is 0.497 e. The zero-order valence-electron chi connectivity index (χ0n) is 13.8. The second-order valence-corrected chi connectivity index (χ2v) is 6.76. The zero-order chi connectivity index (χ0) is 17.2. The van der Waals surface area contributed by atoms with Gasteiger partial charge in [-0.15, -0.1) is 0 Å². The number of hydrogen-bond acceptors (Lipinski definition) is 7. The highest BCUT2D eigenvalue weighted by molar-refractivity contribution is 7.22. The minimum atomic E-state index is -0.228. The molecule has 2 aromatic heterocycles. The standard InChI is InChI=1S/C17H18N4O3S/c1-23-13-4-2-3-12(9-13)10-21-11-18-16(22)14-15(21)19-17(25-14)20-5-7-24-8-6-20/h2-4,9,11H,5-8,10H2,1H3. The van der Waals surface area contributed by atoms with Gasteiger partial charge in [-0.05, 0) is 17.7 Å². The van der Waals surface area contributed by atoms with Gasteiger partial charge in [0.05, 0.1) is 26.9 Å². The van der Waals surface area contributed by atoms with Gasteiger partial charge in [0.25, 0.3) is 5.56 Å². The van der Waals surface area contributed by atoms with Crippen molar-refractivity contribution in [3.8, 4) is 5.75 Å². The van der Waals surface area contributed by atoms with Crippen LogP contribution in [0.4, 0.5) is 5.13 Å². The van der Waals surface area contributed by atoms with E-state index in [2.05, 4.69) is 9.88 Å². The molecule has 4 rings (SSSR count). The lowest BCUT2D eigenvalue weighted by Gasteiger charge is -2.25. The summed E-state index contributed by atoms with van der Waals surface area (Å²) in [4.78, 5) is 23.0. The van der Waals surface area contributed by atoms with Crippen LogP contribution in [0.25, 0.3) is 10.3 Å². The third-order valence-electron chi connectivity index (χ3n) is 4.15. The van der Waals surface area contributed by atoms with Crippen LogP contribution in [0.2, 0.25) is 0 Å². The van der Waals surface area contributed by atoms with Gasteiger partial charge in [-0.2, -0.15) is 4.98 Å². The first-order valence-electron chi connectivity index (χ1n) is 8.06. The molecule has 25 heavy (non-hydrogen) atoms. The van der Waals surface area contributed by atoms with E-state index in [1.807, 2.05) is 28.8 Å². The molecule has 3 aromatic rings. The number of ether oxygens (including phenoxy) is 2. The fourth-order valence-electron chi connectivity index (χ4n) is 2.84. The molecule has 1 saturated heterocycles. The maximum absolute atomic E-state index is 12.2. The molecule has 0 unspecified atom stereocenters. The quantitative estimate of drug-likeness (QED) is 0.708. The summed E-state index contributed by atoms with van der Waals surface area (Å²) in [7, 11) is 1.65. The van der Waals surface area contributed by atoms with Crippen molar-refractivity contribution in [3.63, 3.8) is 0 Å². The Morgan fingerprint density at radius 3 is 2.96 bits per heavy atom. The lowest BCUT2D eigenvalue weighted by molar-refractivity contribution is 0.122. The number of methoxy groups -OCH3 is 1. The van der Waals surface area contributed by atoms with E-state index in [0.29, 0.717) is 30.1 Å². The van der Waals surface area contributed by atoms with Gasteiger partial charge in [0.15, 0.2) is 10.8 Å². The Morgan fingerprint density at radius 2 is 2.16 bits per heavy atom. The molecule has 0 amide bonds. The number of thiazole rings is 1. The van der Waals surface area contributed by atoms with Crippen LogP contribution in [-0.4, -0.2) is 47.9 Å². The smallest absolute Gasteiger partial charge is 0.292 e. The van der Waals surface area contributed by atoms with E-state index in [0.717, 1.165) is 29.5 Å². The summed E-state index contributed by atoms with van der Waals surface area (Å²) >= 11 is 1.40. The van der Waals surface area contributed by atoms with Gasteiger partial charge in [0.2, 0.25) is 0 Å². The van der Waals surface area contributed by atoms with Gasteiger partial charge in [0, 0.05) is 13.1 Å². The van der Waals surface area contributed by atoms with Gasteiger partial charge in [0.1, 0.15) is 16.8 Å². The Hall–Kier alpha value is -2.45. The molecule has 8 heteroatoms. The number of anilines is 1. The third kappa shape index (κ3) is 3.22. The van der Waals surface area contributed by atoms with Gasteiger partial charge in [-0.3, -0.25) is 4.79 Å². The van der Waals surface area contributed by atoms with Crippen molar-refractivity contribution in [1.29, 1.82) is 0 Å². The number of fused-ring (bicyclic) bond motifs is 1. The van der Waals surface area contributed by atoms with E-state index in [1.165, 1.54) is 11.3 Å². The van der Waals surface area contributed by atoms with E-state index in [-0.39, 0.29) is 5.56 Å². The van der Waals surface area contributed by atoms with Crippen LogP contribution in [0, 0.1) is 0 Å². The number of aromatic nitrogens is 3. The van der Waals surface area contributed by atoms with E-state index in [4.69, 9.17) is 14.5 Å². The van der Waals surface area contributed by atoms with E-state index in [9.17, 15) is 4.79 Å². The summed E-state index contributed by atoms with van der Waals surface area (Å²) in [5, 5.41) is 0.850. The predicted molar refractivity (Wildman–Crippen MR) is 96.8 cm³/mol. The minimum absolute atomic E-state index is 0.228. The van der Waals surface area contributed by atoms with Crippen molar-refractivity contribution in [3.05, 3.63) is 46.5 Å². The van der Waals surface area contributed by atoms with Crippen molar-refractivity contribution in [2.75, 3.05) is 38.3 Å². The van der Waals surface area contributed by atoms with Crippen LogP contribution >= 0.6 is 11.3 Å². The molecule has 0 radical (unpaired) electrons. The zero-order valence-corrected chi connectivity index (χ0v) is 14.7. The van der Waals surface area contributed by atoms with E-state index >= 15 is 0 Å². The van der Waals surface area contributed by atoms with Gasteiger partial charge >= 0.3 is 0 Å². The lowest BCUT2D eigenvalue weighted by atomic mass is 10.2. The summed E-state index contributed by atoms with van der Waals surface area (Å²) in [5.74, 6) is 0.801. The molecule has 1 aliphatic rings. The Balaban J connectivity index is 1.72. The number of hydrogen-bond donors (Lipinski definition) is 0. The van der Waals surface area contributed by atoms with Crippen molar-refractivity contribution in [2.45, 2.75) is 6.54 Å². The Morgan fingerprint density at radius 1 is 1.32 bits per heavy atom. The van der Waals surface area contributed by atoms with Gasteiger partial charge in [-0.25, -0.2) is 4.98 Å². The van der Waals surface area contributed by atoms with Crippen LogP contribution in [0.1, 0.15) is 5.56 Å². The molecule has 3 heterocycles. The Bertz CT molecular complexity index is 946. The molecule has 0 spiro atoms. The van der Waals surface area contributed by atoms with Crippen LogP contribution < -0.4 is 15.2 Å². The molecule has 0 aliphatic carbocycles. The molecule has 0 atom stereocenters. The normalized spacial score (nSPS) is 14.8. The highest BCUT2D eigenvalue weighted by Gasteiger charge is 2.18. The second-order valence-electron chi connectivity index (χ2n) is 5.78. The monoisotopic (exact) mass is 358 g/mol. The van der Waals surface area contributed by atoms with Crippen LogP contribution in [-0.2, 0) is 11.3 Å². The third-order valence-corrected chi connectivity index (χ3v) is 5.24. The average molecular weight is 358 g/mol. The Kier molecular flexibility index (Phi) is 4.37. The fraction of sp³-hybridized carbons (Fsp3) is 0.353. The number of morpholine rings is 1. The minimum Gasteiger partial charge on any atom is -0.497 e. The molecule has 1 fully saturated rings. The summed E-state index contributed by atoms with van der Waals surface area (Å²) in [6.45, 7) is 3.52. The maximum Gasteiger partial charge on any atom is 0.292 e. The molecule has 7 nitrogen and oxygen atoms in total. The number of nitrogens with zero attached hydrogens (tertiary/aromatic N) is 4. The maximum atomic E-state index is 12.2. The van der Waals surface area contributed by atoms with E-state index in [1.54, 1.807) is 13.4 Å². The summed E-state index contributed by atoms with van der Waals surface area (Å²) in [5.41, 5.74) is 1.51. The average Bonchev–Trinajstić information content (AvgIpc) is 3.12. The molecular weight excluding hydrogens is 340 g/mol. The first-order valence-corrected chi connectivity index (χ1v) is 8.88. The molecule has 1 aliphatic heterocycles. The highest BCUT2D eigenvalue weighted by atomic mass is 32.1. The van der Waals surface area contributed by atoms with Crippen molar-refractivity contribution in [2.24, 2.45) is 0 Å². The molecule has 130 valence electrons. The SMILES string of the molecule is COc1cccc(Cn2cnc(=O)c3sc(N4CCOCC4)nc32)c1. The molecule has 0 N–H and O–H groups in total. The van der Waals surface area contributed by atoms with Crippen LogP contribution in [0.5, 0.6) is 5.75 Å². The van der Waals surface area contributed by atoms with Crippen molar-refractivity contribution < 1.29 is 9.47 Å². The predicted octanol–water partition coefficient (Wildman–Crippen LogP) is 1.75. The summed E-state index contributed by atoms with van der Waals surface area (Å²) in [6, 6.07) is 7.84. The summed E-state index contributed by atoms with van der Waals surface area (Å²) < 4.78 is 13.2. The van der Waals surface area contributed by atoms with Crippen LogP contribution in [0.3, 0.4) is 0 Å². The highest BCUT2D eigenvalue weighted by Crippen LogP contribution is 2.27. The lowest BCUT2D eigenvalue weighted by Crippen LogP contribution is -2.36. The first-order chi connectivity index (χ1) is 12.2. The topological polar surface area (TPSA) is 69.5 Å². The Labute approximate surface area is 148 Å². The number of benzene rings is 1. The van der Waals surface area contributed by atoms with Gasteiger partial charge in [-0.1, -0.05) is 23.5 Å². The molecule has 0 bridgehead atoms. The molecular formula is C17H18N4O3S. The van der Waals surface area contributed by atoms with Crippen molar-refractivity contribution >= 4 is 26.8 Å². The molecule has 1 aromatic carbocycles. The first kappa shape index (κ1) is 16.0. The summed E-state index contributed by atoms with van der Waals surface area (Å²) in [6.07, 6.45) is 1.56. The fourth-order valence-corrected chi connectivity index (χ4v) is 3.86. The van der Waals surface area contributed by atoms with E-state index < -0.39 is 0 Å². The van der Waals surface area contributed by atoms with Gasteiger partial charge < -0.3 is 18.9 Å². The molecule has 0 saturated carbocycles. The van der Waals surface area contributed by atoms with Crippen LogP contribution in [0.15, 0.2) is 35.4 Å². The van der Waals surface area contributed by atoms with Crippen molar-refractivity contribution in [1.82, 2.24) is 14.5 Å². The second kappa shape index (κ2) is 6.81.